The molecule has 0 fully saturated rings. The number of carbonyl (C=O) groups excluding carboxylic acids is 1. The molecular formula is C27H23Cl2N3O3S. The third-order valence-corrected chi connectivity index (χ3v) is 6.97. The molecule has 0 spiro atoms. The lowest BCUT2D eigenvalue weighted by atomic mass is 10.0. The van der Waals surface area contributed by atoms with E-state index in [2.05, 4.69) is 15.3 Å². The smallest absolute Gasteiger partial charge is 0.307 e. The Balaban J connectivity index is 1.38. The van der Waals surface area contributed by atoms with E-state index in [4.69, 9.17) is 28.3 Å². The number of carboxylic acids is 1. The number of aromatic amines is 1. The highest BCUT2D eigenvalue weighted by molar-refractivity contribution is 7.99. The molecule has 184 valence electrons. The van der Waals surface area contributed by atoms with E-state index in [-0.39, 0.29) is 18.1 Å². The molecule has 3 aromatic carbocycles. The third kappa shape index (κ3) is 6.29. The summed E-state index contributed by atoms with van der Waals surface area (Å²) in [7, 11) is 0. The number of carboxylic acid groups (broad SMARTS) is 1. The summed E-state index contributed by atoms with van der Waals surface area (Å²) in [5.74, 6) is -0.934. The van der Waals surface area contributed by atoms with Crippen LogP contribution in [0.3, 0.4) is 0 Å². The van der Waals surface area contributed by atoms with Crippen LogP contribution in [0.4, 0.5) is 5.69 Å². The van der Waals surface area contributed by atoms with Gasteiger partial charge in [-0.2, -0.15) is 0 Å². The van der Waals surface area contributed by atoms with Crippen LogP contribution in [0, 0.1) is 13.8 Å². The minimum atomic E-state index is -0.873. The Morgan fingerprint density at radius 1 is 0.972 bits per heavy atom. The number of benzene rings is 3. The van der Waals surface area contributed by atoms with Crippen molar-refractivity contribution >= 4 is 52.5 Å². The first kappa shape index (κ1) is 25.8. The van der Waals surface area contributed by atoms with Gasteiger partial charge < -0.3 is 15.4 Å². The average molecular weight is 540 g/mol. The van der Waals surface area contributed by atoms with Crippen molar-refractivity contribution < 1.29 is 14.7 Å². The van der Waals surface area contributed by atoms with E-state index >= 15 is 0 Å². The number of aromatic nitrogens is 2. The van der Waals surface area contributed by atoms with Crippen LogP contribution in [0.25, 0.3) is 22.4 Å². The van der Waals surface area contributed by atoms with Crippen molar-refractivity contribution in [3.05, 3.63) is 87.5 Å². The lowest BCUT2D eigenvalue weighted by molar-refractivity contribution is -0.136. The number of halogens is 2. The molecule has 36 heavy (non-hydrogen) atoms. The summed E-state index contributed by atoms with van der Waals surface area (Å²) in [5.41, 5.74) is 6.55. The van der Waals surface area contributed by atoms with Crippen LogP contribution in [0.15, 0.2) is 65.8 Å². The van der Waals surface area contributed by atoms with Gasteiger partial charge in [-0.25, -0.2) is 4.98 Å². The summed E-state index contributed by atoms with van der Waals surface area (Å²) in [4.78, 5) is 31.3. The number of aryl methyl sites for hydroxylation is 2. The second-order valence-corrected chi connectivity index (χ2v) is 10.1. The fourth-order valence-corrected chi connectivity index (χ4v) is 4.96. The molecule has 4 aromatic rings. The van der Waals surface area contributed by atoms with Crippen molar-refractivity contribution in [1.82, 2.24) is 9.97 Å². The number of H-pyrrole nitrogens is 1. The van der Waals surface area contributed by atoms with E-state index in [1.807, 2.05) is 50.2 Å². The van der Waals surface area contributed by atoms with Crippen molar-refractivity contribution in [3.8, 4) is 22.4 Å². The zero-order valence-electron chi connectivity index (χ0n) is 19.6. The maximum atomic E-state index is 12.6. The van der Waals surface area contributed by atoms with E-state index in [1.165, 1.54) is 11.8 Å². The molecule has 4 rings (SSSR count). The Morgan fingerprint density at radius 2 is 1.69 bits per heavy atom. The van der Waals surface area contributed by atoms with Crippen LogP contribution in [0.2, 0.25) is 10.0 Å². The zero-order chi connectivity index (χ0) is 25.8. The van der Waals surface area contributed by atoms with Gasteiger partial charge in [-0.3, -0.25) is 9.59 Å². The van der Waals surface area contributed by atoms with Gasteiger partial charge >= 0.3 is 5.97 Å². The summed E-state index contributed by atoms with van der Waals surface area (Å²) >= 11 is 14.1. The van der Waals surface area contributed by atoms with Crippen LogP contribution >= 0.6 is 35.0 Å². The predicted molar refractivity (Wildman–Crippen MR) is 146 cm³/mol. The van der Waals surface area contributed by atoms with E-state index in [0.717, 1.165) is 39.2 Å². The van der Waals surface area contributed by atoms with Gasteiger partial charge in [0.2, 0.25) is 5.91 Å². The van der Waals surface area contributed by atoms with E-state index in [0.29, 0.717) is 20.9 Å². The molecule has 0 unspecified atom stereocenters. The van der Waals surface area contributed by atoms with Crippen LogP contribution in [-0.4, -0.2) is 32.7 Å². The van der Waals surface area contributed by atoms with Crippen molar-refractivity contribution in [2.24, 2.45) is 0 Å². The molecule has 0 bridgehead atoms. The maximum Gasteiger partial charge on any atom is 0.307 e. The van der Waals surface area contributed by atoms with Crippen molar-refractivity contribution in [1.29, 1.82) is 0 Å². The van der Waals surface area contributed by atoms with Crippen LogP contribution in [-0.2, 0) is 16.0 Å². The highest BCUT2D eigenvalue weighted by Crippen LogP contribution is 2.32. The lowest BCUT2D eigenvalue weighted by Crippen LogP contribution is -2.14. The lowest BCUT2D eigenvalue weighted by Gasteiger charge is -2.09. The number of hydrogen-bond donors (Lipinski definition) is 3. The van der Waals surface area contributed by atoms with Crippen molar-refractivity contribution in [3.63, 3.8) is 0 Å². The molecule has 9 heteroatoms. The van der Waals surface area contributed by atoms with Crippen molar-refractivity contribution in [2.45, 2.75) is 25.4 Å². The Kier molecular flexibility index (Phi) is 8.04. The SMILES string of the molecule is Cc1ccc(-c2nc(SCC(=O)Nc3ccc(-c4ccc(CC(=O)O)cc4)cc3Cl)[nH]c2C)c(Cl)c1. The number of rotatable bonds is 8. The number of hydrogen-bond acceptors (Lipinski definition) is 4. The molecule has 0 aliphatic rings. The summed E-state index contributed by atoms with van der Waals surface area (Å²) in [6.45, 7) is 3.90. The van der Waals surface area contributed by atoms with Gasteiger partial charge in [0.05, 0.1) is 33.6 Å². The second-order valence-electron chi connectivity index (χ2n) is 8.30. The molecule has 1 amide bonds. The maximum absolute atomic E-state index is 12.6. The minimum Gasteiger partial charge on any atom is -0.481 e. The molecule has 1 heterocycles. The standard InChI is InChI=1S/C27H23Cl2N3O3S/c1-15-3-9-20(21(28)11-15)26-16(2)30-27(32-26)36-14-24(33)31-23-10-8-19(13-22(23)29)18-6-4-17(5-7-18)12-25(34)35/h3-11,13H,12,14H2,1-2H3,(H,30,32)(H,31,33)(H,34,35). The predicted octanol–water partition coefficient (Wildman–Crippen LogP) is 7.03. The number of nitrogens with one attached hydrogen (secondary N) is 2. The Labute approximate surface area is 223 Å². The highest BCUT2D eigenvalue weighted by Gasteiger charge is 2.14. The number of thioether (sulfide) groups is 1. The Bertz CT molecular complexity index is 1430. The monoisotopic (exact) mass is 539 g/mol. The second kappa shape index (κ2) is 11.2. The molecule has 0 saturated carbocycles. The summed E-state index contributed by atoms with van der Waals surface area (Å²) in [6, 6.07) is 18.5. The number of carbonyl (C=O) groups is 2. The van der Waals surface area contributed by atoms with Gasteiger partial charge in [-0.05, 0) is 54.3 Å². The van der Waals surface area contributed by atoms with Gasteiger partial charge in [-0.1, -0.05) is 77.4 Å². The average Bonchev–Trinajstić information content (AvgIpc) is 3.19. The third-order valence-electron chi connectivity index (χ3n) is 5.47. The van der Waals surface area contributed by atoms with Crippen LogP contribution < -0.4 is 5.32 Å². The molecule has 1 aromatic heterocycles. The molecule has 3 N–H and O–H groups in total. The first-order valence-corrected chi connectivity index (χ1v) is 12.8. The van der Waals surface area contributed by atoms with Gasteiger partial charge in [-0.15, -0.1) is 0 Å². The molecule has 0 aliphatic heterocycles. The fourth-order valence-electron chi connectivity index (χ4n) is 3.68. The number of aliphatic carboxylic acids is 1. The van der Waals surface area contributed by atoms with Gasteiger partial charge in [0, 0.05) is 11.3 Å². The molecule has 0 aliphatic carbocycles. The Hall–Kier alpha value is -3.26. The van der Waals surface area contributed by atoms with Gasteiger partial charge in [0.15, 0.2) is 5.16 Å². The van der Waals surface area contributed by atoms with E-state index in [1.54, 1.807) is 24.3 Å². The Morgan fingerprint density at radius 3 is 2.36 bits per heavy atom. The fraction of sp³-hybridized carbons (Fsp3) is 0.148. The molecule has 6 nitrogen and oxygen atoms in total. The number of nitrogens with zero attached hydrogens (tertiary/aromatic N) is 1. The highest BCUT2D eigenvalue weighted by atomic mass is 35.5. The van der Waals surface area contributed by atoms with E-state index < -0.39 is 5.97 Å². The minimum absolute atomic E-state index is 0.0252. The summed E-state index contributed by atoms with van der Waals surface area (Å²) in [6.07, 6.45) is -0.0252. The largest absolute Gasteiger partial charge is 0.481 e. The zero-order valence-corrected chi connectivity index (χ0v) is 21.9. The topological polar surface area (TPSA) is 95.1 Å². The summed E-state index contributed by atoms with van der Waals surface area (Å²) in [5, 5.41) is 13.4. The van der Waals surface area contributed by atoms with E-state index in [9.17, 15) is 9.59 Å². The summed E-state index contributed by atoms with van der Waals surface area (Å²) < 4.78 is 0. The van der Waals surface area contributed by atoms with Crippen LogP contribution in [0.1, 0.15) is 16.8 Å². The molecule has 0 atom stereocenters. The van der Waals surface area contributed by atoms with Crippen molar-refractivity contribution in [2.75, 3.05) is 11.1 Å². The molecule has 0 saturated heterocycles. The molecular weight excluding hydrogens is 517 g/mol. The number of amides is 1. The normalized spacial score (nSPS) is 10.9. The van der Waals surface area contributed by atoms with Crippen LogP contribution in [0.5, 0.6) is 0 Å². The quantitative estimate of drug-likeness (QED) is 0.209. The number of anilines is 1. The first-order chi connectivity index (χ1) is 17.2. The first-order valence-electron chi connectivity index (χ1n) is 11.1. The van der Waals surface area contributed by atoms with Gasteiger partial charge in [0.1, 0.15) is 0 Å². The molecule has 0 radical (unpaired) electrons. The number of imidazole rings is 1. The van der Waals surface area contributed by atoms with Gasteiger partial charge in [0.25, 0.3) is 0 Å².